The van der Waals surface area contributed by atoms with Gasteiger partial charge < -0.3 is 14.4 Å². The summed E-state index contributed by atoms with van der Waals surface area (Å²) in [5.74, 6) is 0.827. The van der Waals surface area contributed by atoms with Gasteiger partial charge in [0.2, 0.25) is 0 Å². The van der Waals surface area contributed by atoms with E-state index in [0.717, 1.165) is 44.7 Å². The summed E-state index contributed by atoms with van der Waals surface area (Å²) in [7, 11) is 2.15. The van der Waals surface area contributed by atoms with Gasteiger partial charge in [-0.3, -0.25) is 0 Å². The Kier molecular flexibility index (Phi) is 3.46. The van der Waals surface area contributed by atoms with Gasteiger partial charge in [-0.05, 0) is 31.4 Å². The third-order valence-corrected chi connectivity index (χ3v) is 4.39. The van der Waals surface area contributed by atoms with Crippen molar-refractivity contribution in [2.24, 2.45) is 0 Å². The molecule has 0 aromatic carbocycles. The molecule has 2 aliphatic rings. The maximum atomic E-state index is 5.78. The summed E-state index contributed by atoms with van der Waals surface area (Å²) in [6.07, 6.45) is 6.06. The van der Waals surface area contributed by atoms with E-state index in [1.165, 1.54) is 5.56 Å². The molecule has 3 rings (SSSR count). The largest absolute Gasteiger partial charge is 0.356 e. The molecular weight excluding hydrogens is 240 g/mol. The van der Waals surface area contributed by atoms with Gasteiger partial charge in [-0.25, -0.2) is 4.98 Å². The van der Waals surface area contributed by atoms with Crippen LogP contribution >= 0.6 is 0 Å². The summed E-state index contributed by atoms with van der Waals surface area (Å²) in [6.45, 7) is 3.62. The smallest absolute Gasteiger partial charge is 0.168 e. The molecule has 1 saturated heterocycles. The molecule has 0 radical (unpaired) electrons. The Hall–Kier alpha value is -1.13. The van der Waals surface area contributed by atoms with Crippen LogP contribution in [0.5, 0.6) is 0 Å². The lowest BCUT2D eigenvalue weighted by molar-refractivity contribution is -0.178. The van der Waals surface area contributed by atoms with Crippen molar-refractivity contribution in [3.63, 3.8) is 0 Å². The quantitative estimate of drug-likeness (QED) is 0.820. The number of aryl methyl sites for hydroxylation is 1. The lowest BCUT2D eigenvalue weighted by atomic mass is 9.89. The molecule has 4 heteroatoms. The first-order chi connectivity index (χ1) is 9.20. The highest BCUT2D eigenvalue weighted by atomic mass is 16.7. The topological polar surface area (TPSA) is 34.6 Å². The van der Waals surface area contributed by atoms with E-state index in [2.05, 4.69) is 29.9 Å². The second-order valence-corrected chi connectivity index (χ2v) is 5.59. The maximum absolute atomic E-state index is 5.78. The van der Waals surface area contributed by atoms with Crippen molar-refractivity contribution < 1.29 is 9.47 Å². The SMILES string of the molecule is Cc1cccnc1N(C)C1CCC2(CC1)OCCO2. The van der Waals surface area contributed by atoms with Crippen molar-refractivity contribution >= 4 is 5.82 Å². The number of aromatic nitrogens is 1. The number of anilines is 1. The first kappa shape index (κ1) is 12.9. The van der Waals surface area contributed by atoms with Crippen molar-refractivity contribution in [3.05, 3.63) is 23.9 Å². The normalized spacial score (nSPS) is 22.8. The van der Waals surface area contributed by atoms with Crippen LogP contribution in [0, 0.1) is 6.92 Å². The van der Waals surface area contributed by atoms with Crippen molar-refractivity contribution in [1.29, 1.82) is 0 Å². The Bertz CT molecular complexity index is 434. The minimum Gasteiger partial charge on any atom is -0.356 e. The van der Waals surface area contributed by atoms with Crippen molar-refractivity contribution in [3.8, 4) is 0 Å². The van der Waals surface area contributed by atoms with Gasteiger partial charge in [-0.2, -0.15) is 0 Å². The summed E-state index contributed by atoms with van der Waals surface area (Å²) in [5, 5.41) is 0. The Labute approximate surface area is 114 Å². The average molecular weight is 262 g/mol. The van der Waals surface area contributed by atoms with Crippen LogP contribution in [0.1, 0.15) is 31.2 Å². The van der Waals surface area contributed by atoms with Crippen LogP contribution < -0.4 is 4.90 Å². The van der Waals surface area contributed by atoms with Crippen molar-refractivity contribution in [2.45, 2.75) is 44.4 Å². The van der Waals surface area contributed by atoms with Crippen LogP contribution in [-0.4, -0.2) is 37.1 Å². The third kappa shape index (κ3) is 2.47. The summed E-state index contributed by atoms with van der Waals surface area (Å²) in [4.78, 5) is 6.82. The maximum Gasteiger partial charge on any atom is 0.168 e. The molecule has 19 heavy (non-hydrogen) atoms. The molecule has 0 unspecified atom stereocenters. The number of ether oxygens (including phenoxy) is 2. The molecule has 1 saturated carbocycles. The molecule has 0 bridgehead atoms. The highest BCUT2D eigenvalue weighted by Gasteiger charge is 2.41. The highest BCUT2D eigenvalue weighted by Crippen LogP contribution is 2.38. The average Bonchev–Trinajstić information content (AvgIpc) is 2.88. The van der Waals surface area contributed by atoms with Gasteiger partial charge >= 0.3 is 0 Å². The molecule has 1 spiro atoms. The van der Waals surface area contributed by atoms with E-state index in [4.69, 9.17) is 9.47 Å². The number of nitrogens with zero attached hydrogens (tertiary/aromatic N) is 2. The zero-order valence-electron chi connectivity index (χ0n) is 11.8. The summed E-state index contributed by atoms with van der Waals surface area (Å²) < 4.78 is 11.6. The van der Waals surface area contributed by atoms with E-state index >= 15 is 0 Å². The van der Waals surface area contributed by atoms with Crippen molar-refractivity contribution in [1.82, 2.24) is 4.98 Å². The zero-order valence-corrected chi connectivity index (χ0v) is 11.8. The van der Waals surface area contributed by atoms with Gasteiger partial charge in [-0.1, -0.05) is 6.07 Å². The van der Waals surface area contributed by atoms with Gasteiger partial charge in [0.1, 0.15) is 5.82 Å². The zero-order chi connectivity index (χ0) is 13.3. The molecule has 4 nitrogen and oxygen atoms in total. The predicted molar refractivity (Wildman–Crippen MR) is 74.3 cm³/mol. The molecule has 0 N–H and O–H groups in total. The van der Waals surface area contributed by atoms with E-state index < -0.39 is 0 Å². The Morgan fingerprint density at radius 2 is 1.95 bits per heavy atom. The summed E-state index contributed by atoms with van der Waals surface area (Å²) in [5.41, 5.74) is 1.23. The lowest BCUT2D eigenvalue weighted by Crippen LogP contribution is -2.43. The molecule has 1 aromatic heterocycles. The van der Waals surface area contributed by atoms with Crippen LogP contribution in [0.15, 0.2) is 18.3 Å². The molecule has 0 atom stereocenters. The van der Waals surface area contributed by atoms with Crippen LogP contribution in [0.4, 0.5) is 5.82 Å². The Balaban J connectivity index is 1.66. The van der Waals surface area contributed by atoms with Crippen LogP contribution in [-0.2, 0) is 9.47 Å². The standard InChI is InChI=1S/C15H22N2O2/c1-12-4-3-9-16-14(12)17(2)13-5-7-15(8-6-13)18-10-11-19-15/h3-4,9,13H,5-8,10-11H2,1-2H3. The van der Waals surface area contributed by atoms with E-state index in [-0.39, 0.29) is 5.79 Å². The van der Waals surface area contributed by atoms with E-state index in [1.807, 2.05) is 12.3 Å². The fourth-order valence-electron chi connectivity index (χ4n) is 3.23. The number of hydrogen-bond donors (Lipinski definition) is 0. The van der Waals surface area contributed by atoms with Crippen LogP contribution in [0.25, 0.3) is 0 Å². The number of pyridine rings is 1. The summed E-state index contributed by atoms with van der Waals surface area (Å²) in [6, 6.07) is 4.64. The Morgan fingerprint density at radius 1 is 1.26 bits per heavy atom. The van der Waals surface area contributed by atoms with E-state index in [9.17, 15) is 0 Å². The lowest BCUT2D eigenvalue weighted by Gasteiger charge is -2.39. The van der Waals surface area contributed by atoms with Crippen molar-refractivity contribution in [2.75, 3.05) is 25.2 Å². The molecule has 1 aromatic rings. The van der Waals surface area contributed by atoms with Gasteiger partial charge in [0, 0.05) is 32.1 Å². The van der Waals surface area contributed by atoms with E-state index in [1.54, 1.807) is 0 Å². The summed E-state index contributed by atoms with van der Waals surface area (Å²) >= 11 is 0. The minimum atomic E-state index is -0.267. The molecule has 2 fully saturated rings. The molecule has 1 aliphatic heterocycles. The van der Waals surface area contributed by atoms with E-state index in [0.29, 0.717) is 6.04 Å². The Morgan fingerprint density at radius 3 is 2.58 bits per heavy atom. The third-order valence-electron chi connectivity index (χ3n) is 4.39. The fraction of sp³-hybridized carbons (Fsp3) is 0.667. The molecule has 104 valence electrons. The number of hydrogen-bond acceptors (Lipinski definition) is 4. The van der Waals surface area contributed by atoms with Gasteiger partial charge in [-0.15, -0.1) is 0 Å². The van der Waals surface area contributed by atoms with Gasteiger partial charge in [0.15, 0.2) is 5.79 Å². The predicted octanol–water partition coefficient (Wildman–Crippen LogP) is 2.51. The van der Waals surface area contributed by atoms with Gasteiger partial charge in [0.25, 0.3) is 0 Å². The van der Waals surface area contributed by atoms with Crippen LogP contribution in [0.3, 0.4) is 0 Å². The highest BCUT2D eigenvalue weighted by molar-refractivity contribution is 5.46. The first-order valence-corrected chi connectivity index (χ1v) is 7.13. The molecule has 2 heterocycles. The monoisotopic (exact) mass is 262 g/mol. The molecular formula is C15H22N2O2. The fourth-order valence-corrected chi connectivity index (χ4v) is 3.23. The number of rotatable bonds is 2. The molecule has 0 amide bonds. The first-order valence-electron chi connectivity index (χ1n) is 7.13. The van der Waals surface area contributed by atoms with Gasteiger partial charge in [0.05, 0.1) is 13.2 Å². The second kappa shape index (κ2) is 5.10. The second-order valence-electron chi connectivity index (χ2n) is 5.59. The molecule has 1 aliphatic carbocycles. The van der Waals surface area contributed by atoms with Crippen LogP contribution in [0.2, 0.25) is 0 Å². The minimum absolute atomic E-state index is 0.267.